The van der Waals surface area contributed by atoms with Crippen LogP contribution in [0, 0.1) is 0 Å². The Hall–Kier alpha value is -2.02. The monoisotopic (exact) mass is 308 g/mol. The van der Waals surface area contributed by atoms with Gasteiger partial charge in [0.1, 0.15) is 0 Å². The quantitative estimate of drug-likeness (QED) is 0.823. The van der Waals surface area contributed by atoms with E-state index < -0.39 is 10.0 Å². The lowest BCUT2D eigenvalue weighted by molar-refractivity contribution is 0.602. The van der Waals surface area contributed by atoms with Crippen LogP contribution < -0.4 is 10.0 Å². The minimum atomic E-state index is -3.22. The summed E-state index contributed by atoms with van der Waals surface area (Å²) in [5, 5.41) is 7.50. The zero-order valence-electron chi connectivity index (χ0n) is 12.2. The van der Waals surface area contributed by atoms with Gasteiger partial charge in [0.15, 0.2) is 0 Å². The van der Waals surface area contributed by atoms with Crippen LogP contribution in [0.25, 0.3) is 0 Å². The lowest BCUT2D eigenvalue weighted by Crippen LogP contribution is -2.14. The van der Waals surface area contributed by atoms with Gasteiger partial charge in [-0.05, 0) is 44.2 Å². The van der Waals surface area contributed by atoms with Crippen LogP contribution >= 0.6 is 0 Å². The molecule has 0 bridgehead atoms. The summed E-state index contributed by atoms with van der Waals surface area (Å²) < 4.78 is 27.4. The number of benzene rings is 1. The molecule has 0 fully saturated rings. The van der Waals surface area contributed by atoms with Gasteiger partial charge in [-0.25, -0.2) is 8.42 Å². The number of aromatic nitrogens is 2. The topological polar surface area (TPSA) is 76.0 Å². The molecule has 0 amide bonds. The Balaban J connectivity index is 1.97. The molecule has 0 aliphatic rings. The van der Waals surface area contributed by atoms with Crippen molar-refractivity contribution in [2.45, 2.75) is 26.9 Å². The average Bonchev–Trinajstić information content (AvgIpc) is 2.94. The molecule has 0 saturated carbocycles. The van der Waals surface area contributed by atoms with Crippen molar-refractivity contribution >= 4 is 21.4 Å². The van der Waals surface area contributed by atoms with Gasteiger partial charge < -0.3 is 5.32 Å². The highest BCUT2D eigenvalue weighted by Gasteiger charge is 2.06. The van der Waals surface area contributed by atoms with Gasteiger partial charge in [0, 0.05) is 24.1 Å². The summed E-state index contributed by atoms with van der Waals surface area (Å²) in [7, 11) is -3.22. The van der Waals surface area contributed by atoms with Crippen LogP contribution in [0.1, 0.15) is 19.5 Å². The first-order valence-electron chi connectivity index (χ1n) is 6.89. The number of aryl methyl sites for hydroxylation is 1. The maximum absolute atomic E-state index is 11.5. The van der Waals surface area contributed by atoms with E-state index in [9.17, 15) is 8.42 Å². The zero-order valence-corrected chi connectivity index (χ0v) is 13.0. The van der Waals surface area contributed by atoms with Crippen molar-refractivity contribution in [1.82, 2.24) is 9.78 Å². The fourth-order valence-corrected chi connectivity index (χ4v) is 2.53. The van der Waals surface area contributed by atoms with Gasteiger partial charge in [0.25, 0.3) is 0 Å². The van der Waals surface area contributed by atoms with E-state index >= 15 is 0 Å². The minimum Gasteiger partial charge on any atom is -0.379 e. The molecular formula is C14H20N4O2S. The van der Waals surface area contributed by atoms with E-state index in [2.05, 4.69) is 15.1 Å². The fourth-order valence-electron chi connectivity index (χ4n) is 1.90. The molecule has 2 rings (SSSR count). The summed E-state index contributed by atoms with van der Waals surface area (Å²) in [5.41, 5.74) is 2.60. The van der Waals surface area contributed by atoms with Crippen LogP contribution in [0.4, 0.5) is 11.4 Å². The van der Waals surface area contributed by atoms with Gasteiger partial charge in [-0.15, -0.1) is 0 Å². The molecule has 6 nitrogen and oxygen atoms in total. The Morgan fingerprint density at radius 1 is 1.10 bits per heavy atom. The molecule has 0 radical (unpaired) electrons. The highest BCUT2D eigenvalue weighted by Crippen LogP contribution is 2.15. The third-order valence-corrected chi connectivity index (χ3v) is 4.42. The van der Waals surface area contributed by atoms with Gasteiger partial charge in [0.2, 0.25) is 10.0 Å². The largest absolute Gasteiger partial charge is 0.379 e. The molecule has 2 N–H and O–H groups in total. The van der Waals surface area contributed by atoms with E-state index in [4.69, 9.17) is 0 Å². The van der Waals surface area contributed by atoms with Crippen LogP contribution in [0.15, 0.2) is 36.5 Å². The molecule has 0 unspecified atom stereocenters. The van der Waals surface area contributed by atoms with Crippen molar-refractivity contribution in [3.05, 3.63) is 42.2 Å². The SMILES string of the molecule is CCn1nccc1CNc1ccc(NS(=O)(=O)CC)cc1. The van der Waals surface area contributed by atoms with E-state index in [0.29, 0.717) is 12.2 Å². The first kappa shape index (κ1) is 15.4. The Kier molecular flexibility index (Phi) is 4.85. The summed E-state index contributed by atoms with van der Waals surface area (Å²) in [5.74, 6) is 0.0635. The molecule has 1 aromatic heterocycles. The van der Waals surface area contributed by atoms with Crippen molar-refractivity contribution in [2.75, 3.05) is 15.8 Å². The number of sulfonamides is 1. The third-order valence-electron chi connectivity index (χ3n) is 3.12. The van der Waals surface area contributed by atoms with Gasteiger partial charge in [-0.2, -0.15) is 5.10 Å². The molecule has 0 aliphatic heterocycles. The van der Waals surface area contributed by atoms with Crippen LogP contribution in [0.5, 0.6) is 0 Å². The lowest BCUT2D eigenvalue weighted by Gasteiger charge is -2.10. The summed E-state index contributed by atoms with van der Waals surface area (Å²) in [6, 6.07) is 9.15. The Labute approximate surface area is 125 Å². The van der Waals surface area contributed by atoms with E-state index in [0.717, 1.165) is 17.9 Å². The Morgan fingerprint density at radius 2 is 1.76 bits per heavy atom. The van der Waals surface area contributed by atoms with Crippen molar-refractivity contribution in [3.63, 3.8) is 0 Å². The normalized spacial score (nSPS) is 11.3. The number of rotatable bonds is 7. The van der Waals surface area contributed by atoms with Crippen molar-refractivity contribution < 1.29 is 8.42 Å². The first-order chi connectivity index (χ1) is 10.0. The molecule has 7 heteroatoms. The fraction of sp³-hybridized carbons (Fsp3) is 0.357. The smallest absolute Gasteiger partial charge is 0.232 e. The molecule has 0 aliphatic carbocycles. The van der Waals surface area contributed by atoms with Crippen LogP contribution in [-0.2, 0) is 23.1 Å². The molecule has 2 aromatic rings. The third kappa shape index (κ3) is 4.22. The molecule has 0 saturated heterocycles. The molecule has 1 heterocycles. The molecular weight excluding hydrogens is 288 g/mol. The van der Waals surface area contributed by atoms with Crippen LogP contribution in [0.3, 0.4) is 0 Å². The predicted molar refractivity (Wildman–Crippen MR) is 84.8 cm³/mol. The summed E-state index contributed by atoms with van der Waals surface area (Å²) in [6.45, 7) is 5.16. The van der Waals surface area contributed by atoms with Crippen LogP contribution in [-0.4, -0.2) is 24.0 Å². The van der Waals surface area contributed by atoms with Gasteiger partial charge in [0.05, 0.1) is 18.0 Å². The minimum absolute atomic E-state index is 0.0635. The highest BCUT2D eigenvalue weighted by atomic mass is 32.2. The van der Waals surface area contributed by atoms with E-state index in [1.807, 2.05) is 29.8 Å². The number of nitrogens with zero attached hydrogens (tertiary/aromatic N) is 2. The van der Waals surface area contributed by atoms with Crippen molar-refractivity contribution in [3.8, 4) is 0 Å². The van der Waals surface area contributed by atoms with E-state index in [1.54, 1.807) is 25.3 Å². The second-order valence-corrected chi connectivity index (χ2v) is 6.59. The molecule has 114 valence electrons. The molecule has 21 heavy (non-hydrogen) atoms. The maximum atomic E-state index is 11.5. The van der Waals surface area contributed by atoms with Gasteiger partial charge in [-0.3, -0.25) is 9.40 Å². The number of anilines is 2. The van der Waals surface area contributed by atoms with E-state index in [-0.39, 0.29) is 5.75 Å². The zero-order chi connectivity index (χ0) is 15.3. The number of hydrogen-bond acceptors (Lipinski definition) is 4. The second kappa shape index (κ2) is 6.62. The Bertz CT molecular complexity index is 677. The average molecular weight is 308 g/mol. The van der Waals surface area contributed by atoms with Crippen LogP contribution in [0.2, 0.25) is 0 Å². The standard InChI is InChI=1S/C14H20N4O2S/c1-3-18-14(9-10-16-18)11-15-12-5-7-13(8-6-12)17-21(19,20)4-2/h5-10,15,17H,3-4,11H2,1-2H3. The first-order valence-corrected chi connectivity index (χ1v) is 8.54. The molecule has 0 atom stereocenters. The summed E-state index contributed by atoms with van der Waals surface area (Å²) in [4.78, 5) is 0. The second-order valence-electron chi connectivity index (χ2n) is 4.57. The van der Waals surface area contributed by atoms with Gasteiger partial charge >= 0.3 is 0 Å². The van der Waals surface area contributed by atoms with E-state index in [1.165, 1.54) is 0 Å². The Morgan fingerprint density at radius 3 is 2.38 bits per heavy atom. The van der Waals surface area contributed by atoms with Gasteiger partial charge in [-0.1, -0.05) is 0 Å². The predicted octanol–water partition coefficient (Wildman–Crippen LogP) is 2.28. The number of hydrogen-bond donors (Lipinski definition) is 2. The lowest BCUT2D eigenvalue weighted by atomic mass is 10.3. The van der Waals surface area contributed by atoms with Crippen molar-refractivity contribution in [1.29, 1.82) is 0 Å². The molecule has 1 aromatic carbocycles. The van der Waals surface area contributed by atoms with Crippen molar-refractivity contribution in [2.24, 2.45) is 0 Å². The summed E-state index contributed by atoms with van der Waals surface area (Å²) in [6.07, 6.45) is 1.78. The molecule has 0 spiro atoms. The summed E-state index contributed by atoms with van der Waals surface area (Å²) >= 11 is 0. The maximum Gasteiger partial charge on any atom is 0.232 e. The highest BCUT2D eigenvalue weighted by molar-refractivity contribution is 7.92. The number of nitrogens with one attached hydrogen (secondary N) is 2.